The van der Waals surface area contributed by atoms with Gasteiger partial charge in [-0.05, 0) is 5.56 Å². The lowest BCUT2D eigenvalue weighted by Gasteiger charge is -2.01. The zero-order valence-corrected chi connectivity index (χ0v) is 10.1. The van der Waals surface area contributed by atoms with Crippen molar-refractivity contribution in [3.05, 3.63) is 48.0 Å². The van der Waals surface area contributed by atoms with Crippen molar-refractivity contribution < 1.29 is 19.1 Å². The summed E-state index contributed by atoms with van der Waals surface area (Å²) in [7, 11) is 1.19. The second-order valence-electron chi connectivity index (χ2n) is 3.38. The first-order valence-corrected chi connectivity index (χ1v) is 5.39. The van der Waals surface area contributed by atoms with Crippen molar-refractivity contribution in [2.75, 3.05) is 13.7 Å². The molecule has 0 saturated carbocycles. The number of carbonyl (C=O) groups excluding carboxylic acids is 2. The van der Waals surface area contributed by atoms with Crippen LogP contribution >= 0.6 is 0 Å². The first-order chi connectivity index (χ1) is 8.72. The summed E-state index contributed by atoms with van der Waals surface area (Å²) in [6.07, 6.45) is 1.97. The molecule has 0 aliphatic heterocycles. The van der Waals surface area contributed by atoms with E-state index in [9.17, 15) is 9.59 Å². The van der Waals surface area contributed by atoms with Gasteiger partial charge in [-0.3, -0.25) is 10.1 Å². The van der Waals surface area contributed by atoms with E-state index in [1.165, 1.54) is 19.3 Å². The molecule has 1 aromatic rings. The minimum atomic E-state index is -0.783. The SMILES string of the molecule is COC(=O)NC(=O)/C=C\COCc1ccccc1. The fraction of sp³-hybridized carbons (Fsp3) is 0.231. The number of alkyl carbamates (subject to hydrolysis) is 1. The highest BCUT2D eigenvalue weighted by atomic mass is 16.5. The topological polar surface area (TPSA) is 64.6 Å². The monoisotopic (exact) mass is 249 g/mol. The van der Waals surface area contributed by atoms with E-state index in [1.54, 1.807) is 0 Å². The summed E-state index contributed by atoms with van der Waals surface area (Å²) in [4.78, 5) is 21.8. The average molecular weight is 249 g/mol. The fourth-order valence-electron chi connectivity index (χ4n) is 1.17. The number of nitrogens with one attached hydrogen (secondary N) is 1. The maximum Gasteiger partial charge on any atom is 0.413 e. The molecule has 0 bridgehead atoms. The molecule has 18 heavy (non-hydrogen) atoms. The van der Waals surface area contributed by atoms with Gasteiger partial charge in [0.15, 0.2) is 0 Å². The molecule has 0 aliphatic rings. The molecular weight excluding hydrogens is 234 g/mol. The van der Waals surface area contributed by atoms with Gasteiger partial charge in [0.05, 0.1) is 20.3 Å². The van der Waals surface area contributed by atoms with E-state index in [4.69, 9.17) is 4.74 Å². The summed E-state index contributed by atoms with van der Waals surface area (Å²) in [5, 5.41) is 2.00. The second kappa shape index (κ2) is 8.03. The lowest BCUT2D eigenvalue weighted by Crippen LogP contribution is -2.28. The maximum absolute atomic E-state index is 11.1. The summed E-state index contributed by atoms with van der Waals surface area (Å²) >= 11 is 0. The normalized spacial score (nSPS) is 10.3. The van der Waals surface area contributed by atoms with Gasteiger partial charge in [-0.15, -0.1) is 0 Å². The highest BCUT2D eigenvalue weighted by Gasteiger charge is 2.01. The molecule has 0 aromatic heterocycles. The number of hydrogen-bond acceptors (Lipinski definition) is 4. The third kappa shape index (κ3) is 5.81. The average Bonchev–Trinajstić information content (AvgIpc) is 2.39. The van der Waals surface area contributed by atoms with Crippen LogP contribution in [0.15, 0.2) is 42.5 Å². The van der Waals surface area contributed by atoms with Crippen LogP contribution in [0.5, 0.6) is 0 Å². The van der Waals surface area contributed by atoms with Crippen LogP contribution in [0.2, 0.25) is 0 Å². The van der Waals surface area contributed by atoms with E-state index in [1.807, 2.05) is 35.6 Å². The number of benzene rings is 1. The Hall–Kier alpha value is -2.14. The summed E-state index contributed by atoms with van der Waals surface area (Å²) in [5.74, 6) is -0.537. The van der Waals surface area contributed by atoms with Crippen LogP contribution in [0, 0.1) is 0 Å². The zero-order chi connectivity index (χ0) is 13.2. The van der Waals surface area contributed by atoms with E-state index < -0.39 is 12.0 Å². The number of carbonyl (C=O) groups is 2. The van der Waals surface area contributed by atoms with Crippen LogP contribution in [-0.4, -0.2) is 25.7 Å². The first-order valence-electron chi connectivity index (χ1n) is 5.39. The van der Waals surface area contributed by atoms with E-state index in [2.05, 4.69) is 4.74 Å². The number of ether oxygens (including phenoxy) is 2. The third-order valence-electron chi connectivity index (χ3n) is 2.01. The minimum absolute atomic E-state index is 0.295. The van der Waals surface area contributed by atoms with E-state index in [0.717, 1.165) is 5.56 Å². The van der Waals surface area contributed by atoms with Crippen molar-refractivity contribution >= 4 is 12.0 Å². The van der Waals surface area contributed by atoms with Gasteiger partial charge in [-0.2, -0.15) is 0 Å². The lowest BCUT2D eigenvalue weighted by molar-refractivity contribution is -0.115. The van der Waals surface area contributed by atoms with E-state index >= 15 is 0 Å². The Morgan fingerprint density at radius 1 is 1.28 bits per heavy atom. The highest BCUT2D eigenvalue weighted by Crippen LogP contribution is 1.99. The maximum atomic E-state index is 11.1. The Morgan fingerprint density at radius 3 is 2.67 bits per heavy atom. The number of rotatable bonds is 5. The molecule has 1 N–H and O–H groups in total. The number of amides is 2. The van der Waals surface area contributed by atoms with Gasteiger partial charge in [-0.1, -0.05) is 36.4 Å². The molecule has 0 unspecified atom stereocenters. The zero-order valence-electron chi connectivity index (χ0n) is 10.1. The van der Waals surface area contributed by atoms with Gasteiger partial charge < -0.3 is 9.47 Å². The number of imide groups is 1. The summed E-state index contributed by atoms with van der Waals surface area (Å²) in [6.45, 7) is 0.771. The van der Waals surface area contributed by atoms with Gasteiger partial charge in [0, 0.05) is 6.08 Å². The Labute approximate surface area is 105 Å². The molecule has 0 fully saturated rings. The molecule has 0 saturated heterocycles. The first kappa shape index (κ1) is 13.9. The molecular formula is C13H15NO4. The van der Waals surface area contributed by atoms with Crippen LogP contribution in [0.3, 0.4) is 0 Å². The summed E-state index contributed by atoms with van der Waals surface area (Å²) in [6, 6.07) is 9.69. The summed E-state index contributed by atoms with van der Waals surface area (Å²) in [5.41, 5.74) is 1.06. The molecule has 0 spiro atoms. The molecule has 96 valence electrons. The van der Waals surface area contributed by atoms with Gasteiger partial charge in [0.25, 0.3) is 5.91 Å². The van der Waals surface area contributed by atoms with Crippen molar-refractivity contribution in [2.45, 2.75) is 6.61 Å². The number of methoxy groups -OCH3 is 1. The molecule has 2 amide bonds. The highest BCUT2D eigenvalue weighted by molar-refractivity contribution is 5.98. The molecule has 5 heteroatoms. The van der Waals surface area contributed by atoms with Crippen molar-refractivity contribution in [3.8, 4) is 0 Å². The fourth-order valence-corrected chi connectivity index (χ4v) is 1.17. The minimum Gasteiger partial charge on any atom is -0.453 e. The van der Waals surface area contributed by atoms with Crippen molar-refractivity contribution in [1.82, 2.24) is 5.32 Å². The molecule has 1 aromatic carbocycles. The van der Waals surface area contributed by atoms with Crippen LogP contribution in [0.25, 0.3) is 0 Å². The van der Waals surface area contributed by atoms with Crippen molar-refractivity contribution in [2.24, 2.45) is 0 Å². The Bertz CT molecular complexity index is 414. The van der Waals surface area contributed by atoms with Gasteiger partial charge >= 0.3 is 6.09 Å². The molecule has 0 atom stereocenters. The quantitative estimate of drug-likeness (QED) is 0.636. The van der Waals surface area contributed by atoms with Gasteiger partial charge in [0.1, 0.15) is 0 Å². The molecule has 1 rings (SSSR count). The van der Waals surface area contributed by atoms with Crippen LogP contribution in [-0.2, 0) is 20.9 Å². The Morgan fingerprint density at radius 2 is 2.00 bits per heavy atom. The van der Waals surface area contributed by atoms with Crippen molar-refractivity contribution in [3.63, 3.8) is 0 Å². The lowest BCUT2D eigenvalue weighted by atomic mass is 10.2. The largest absolute Gasteiger partial charge is 0.453 e. The Balaban J connectivity index is 2.17. The van der Waals surface area contributed by atoms with Gasteiger partial charge in [0.2, 0.25) is 0 Å². The molecule has 0 heterocycles. The molecule has 0 aliphatic carbocycles. The van der Waals surface area contributed by atoms with E-state index in [-0.39, 0.29) is 0 Å². The second-order valence-corrected chi connectivity index (χ2v) is 3.38. The van der Waals surface area contributed by atoms with Crippen LogP contribution in [0.4, 0.5) is 4.79 Å². The smallest absolute Gasteiger partial charge is 0.413 e. The summed E-state index contributed by atoms with van der Waals surface area (Å²) < 4.78 is 9.59. The van der Waals surface area contributed by atoms with Gasteiger partial charge in [-0.25, -0.2) is 4.79 Å². The predicted octanol–water partition coefficient (Wildman–Crippen LogP) is 1.64. The predicted molar refractivity (Wildman–Crippen MR) is 65.8 cm³/mol. The molecule has 0 radical (unpaired) electrons. The number of hydrogen-bond donors (Lipinski definition) is 1. The third-order valence-corrected chi connectivity index (χ3v) is 2.01. The van der Waals surface area contributed by atoms with Crippen LogP contribution < -0.4 is 5.32 Å². The van der Waals surface area contributed by atoms with Crippen molar-refractivity contribution in [1.29, 1.82) is 0 Å². The van der Waals surface area contributed by atoms with Crippen LogP contribution in [0.1, 0.15) is 5.56 Å². The standard InChI is InChI=1S/C13H15NO4/c1-17-13(16)14-12(15)8-5-9-18-10-11-6-3-2-4-7-11/h2-8H,9-10H2,1H3,(H,14,15,16)/b8-5-. The molecule has 5 nitrogen and oxygen atoms in total. The van der Waals surface area contributed by atoms with E-state index in [0.29, 0.717) is 13.2 Å². The Kier molecular flexibility index (Phi) is 6.21.